The SMILES string of the molecule is CCCNCc1ccc(C)c(-c2cc(C)ccc2C)c1. The molecule has 20 heavy (non-hydrogen) atoms. The number of rotatable bonds is 5. The van der Waals surface area contributed by atoms with Gasteiger partial charge >= 0.3 is 0 Å². The van der Waals surface area contributed by atoms with Gasteiger partial charge < -0.3 is 5.32 Å². The summed E-state index contributed by atoms with van der Waals surface area (Å²) in [7, 11) is 0. The van der Waals surface area contributed by atoms with Gasteiger partial charge in [0.2, 0.25) is 0 Å². The van der Waals surface area contributed by atoms with E-state index in [1.165, 1.54) is 39.8 Å². The van der Waals surface area contributed by atoms with Crippen LogP contribution in [0.5, 0.6) is 0 Å². The highest BCUT2D eigenvalue weighted by atomic mass is 14.8. The van der Waals surface area contributed by atoms with Gasteiger partial charge in [0.25, 0.3) is 0 Å². The van der Waals surface area contributed by atoms with Crippen molar-refractivity contribution < 1.29 is 0 Å². The Balaban J connectivity index is 2.35. The topological polar surface area (TPSA) is 12.0 Å². The molecule has 106 valence electrons. The monoisotopic (exact) mass is 267 g/mol. The zero-order chi connectivity index (χ0) is 14.5. The fourth-order valence-electron chi connectivity index (χ4n) is 2.50. The van der Waals surface area contributed by atoms with Gasteiger partial charge in [0.15, 0.2) is 0 Å². The van der Waals surface area contributed by atoms with Crippen LogP contribution in [0.4, 0.5) is 0 Å². The summed E-state index contributed by atoms with van der Waals surface area (Å²) < 4.78 is 0. The highest BCUT2D eigenvalue weighted by Gasteiger charge is 2.06. The summed E-state index contributed by atoms with van der Waals surface area (Å²) in [5, 5.41) is 3.48. The van der Waals surface area contributed by atoms with Crippen LogP contribution in [0.25, 0.3) is 11.1 Å². The minimum Gasteiger partial charge on any atom is -0.313 e. The van der Waals surface area contributed by atoms with Gasteiger partial charge in [-0.15, -0.1) is 0 Å². The zero-order valence-corrected chi connectivity index (χ0v) is 13.1. The van der Waals surface area contributed by atoms with Gasteiger partial charge in [-0.25, -0.2) is 0 Å². The third-order valence-corrected chi connectivity index (χ3v) is 3.74. The Morgan fingerprint density at radius 3 is 2.20 bits per heavy atom. The van der Waals surface area contributed by atoms with Crippen LogP contribution < -0.4 is 5.32 Å². The van der Waals surface area contributed by atoms with Gasteiger partial charge in [-0.05, 0) is 67.6 Å². The number of hydrogen-bond donors (Lipinski definition) is 1. The number of benzene rings is 2. The van der Waals surface area contributed by atoms with Crippen molar-refractivity contribution in [2.75, 3.05) is 6.54 Å². The maximum atomic E-state index is 3.48. The minimum atomic E-state index is 0.950. The van der Waals surface area contributed by atoms with Gasteiger partial charge in [-0.3, -0.25) is 0 Å². The first-order chi connectivity index (χ1) is 9.61. The van der Waals surface area contributed by atoms with Gasteiger partial charge in [-0.1, -0.05) is 42.8 Å². The van der Waals surface area contributed by atoms with Crippen molar-refractivity contribution >= 4 is 0 Å². The van der Waals surface area contributed by atoms with E-state index in [1.54, 1.807) is 0 Å². The van der Waals surface area contributed by atoms with Crippen molar-refractivity contribution in [2.24, 2.45) is 0 Å². The molecule has 0 amide bonds. The fraction of sp³-hybridized carbons (Fsp3) is 0.368. The van der Waals surface area contributed by atoms with E-state index in [0.717, 1.165) is 13.1 Å². The lowest BCUT2D eigenvalue weighted by molar-refractivity contribution is 0.675. The van der Waals surface area contributed by atoms with Crippen LogP contribution in [0, 0.1) is 20.8 Å². The van der Waals surface area contributed by atoms with Crippen molar-refractivity contribution in [1.29, 1.82) is 0 Å². The normalized spacial score (nSPS) is 10.8. The summed E-state index contributed by atoms with van der Waals surface area (Å²) in [5.74, 6) is 0. The third-order valence-electron chi connectivity index (χ3n) is 3.74. The summed E-state index contributed by atoms with van der Waals surface area (Å²) in [6.07, 6.45) is 1.18. The maximum absolute atomic E-state index is 3.48. The molecule has 0 atom stereocenters. The molecular formula is C19H25N. The van der Waals surface area contributed by atoms with Crippen LogP contribution in [-0.4, -0.2) is 6.54 Å². The van der Waals surface area contributed by atoms with E-state index in [9.17, 15) is 0 Å². The van der Waals surface area contributed by atoms with Crippen molar-refractivity contribution in [3.8, 4) is 11.1 Å². The summed E-state index contributed by atoms with van der Waals surface area (Å²) in [4.78, 5) is 0. The van der Waals surface area contributed by atoms with E-state index < -0.39 is 0 Å². The van der Waals surface area contributed by atoms with Crippen molar-refractivity contribution in [2.45, 2.75) is 40.7 Å². The van der Waals surface area contributed by atoms with Crippen molar-refractivity contribution in [1.82, 2.24) is 5.32 Å². The molecule has 1 nitrogen and oxygen atoms in total. The first kappa shape index (κ1) is 14.8. The van der Waals surface area contributed by atoms with E-state index in [0.29, 0.717) is 0 Å². The lowest BCUT2D eigenvalue weighted by Gasteiger charge is -2.13. The van der Waals surface area contributed by atoms with Crippen LogP contribution in [-0.2, 0) is 6.54 Å². The summed E-state index contributed by atoms with van der Waals surface area (Å²) in [6.45, 7) is 10.8. The Morgan fingerprint density at radius 2 is 1.50 bits per heavy atom. The van der Waals surface area contributed by atoms with Crippen molar-refractivity contribution in [3.63, 3.8) is 0 Å². The molecular weight excluding hydrogens is 242 g/mol. The molecule has 0 saturated carbocycles. The summed E-state index contributed by atoms with van der Waals surface area (Å²) in [5.41, 5.74) is 8.09. The molecule has 0 aromatic heterocycles. The predicted octanol–water partition coefficient (Wildman–Crippen LogP) is 4.78. The highest BCUT2D eigenvalue weighted by Crippen LogP contribution is 2.28. The average molecular weight is 267 g/mol. The summed E-state index contributed by atoms with van der Waals surface area (Å²) in [6, 6.07) is 13.5. The van der Waals surface area contributed by atoms with Gasteiger partial charge in [0.1, 0.15) is 0 Å². The average Bonchev–Trinajstić information content (AvgIpc) is 2.44. The molecule has 0 bridgehead atoms. The van der Waals surface area contributed by atoms with Crippen LogP contribution >= 0.6 is 0 Å². The van der Waals surface area contributed by atoms with Crippen LogP contribution in [0.1, 0.15) is 35.6 Å². The van der Waals surface area contributed by atoms with E-state index in [4.69, 9.17) is 0 Å². The number of hydrogen-bond acceptors (Lipinski definition) is 1. The smallest absolute Gasteiger partial charge is 0.0205 e. The Bertz CT molecular complexity index is 584. The van der Waals surface area contributed by atoms with E-state index in [2.05, 4.69) is 69.4 Å². The predicted molar refractivity (Wildman–Crippen MR) is 88.1 cm³/mol. The molecule has 0 aliphatic carbocycles. The second-order valence-corrected chi connectivity index (χ2v) is 5.64. The summed E-state index contributed by atoms with van der Waals surface area (Å²) >= 11 is 0. The highest BCUT2D eigenvalue weighted by molar-refractivity contribution is 5.71. The van der Waals surface area contributed by atoms with Gasteiger partial charge in [0.05, 0.1) is 0 Å². The molecule has 1 N–H and O–H groups in total. The second kappa shape index (κ2) is 6.71. The van der Waals surface area contributed by atoms with Gasteiger partial charge in [0, 0.05) is 6.54 Å². The molecule has 0 radical (unpaired) electrons. The molecule has 0 unspecified atom stereocenters. The second-order valence-electron chi connectivity index (χ2n) is 5.64. The van der Waals surface area contributed by atoms with Crippen LogP contribution in [0.15, 0.2) is 36.4 Å². The molecule has 0 saturated heterocycles. The molecule has 0 heterocycles. The van der Waals surface area contributed by atoms with E-state index in [1.807, 2.05) is 0 Å². The Labute approximate surface area is 123 Å². The molecule has 2 aromatic rings. The molecule has 2 aromatic carbocycles. The lowest BCUT2D eigenvalue weighted by Crippen LogP contribution is -2.13. The molecule has 0 aliphatic heterocycles. The first-order valence-electron chi connectivity index (χ1n) is 7.49. The van der Waals surface area contributed by atoms with E-state index >= 15 is 0 Å². The molecule has 0 spiro atoms. The molecule has 0 aliphatic rings. The molecule has 2 rings (SSSR count). The zero-order valence-electron chi connectivity index (χ0n) is 13.1. The first-order valence-corrected chi connectivity index (χ1v) is 7.49. The Hall–Kier alpha value is -1.60. The Morgan fingerprint density at radius 1 is 0.850 bits per heavy atom. The minimum absolute atomic E-state index is 0.950. The Kier molecular flexibility index (Phi) is 4.97. The number of nitrogens with one attached hydrogen (secondary N) is 1. The third kappa shape index (κ3) is 3.49. The van der Waals surface area contributed by atoms with Crippen LogP contribution in [0.2, 0.25) is 0 Å². The van der Waals surface area contributed by atoms with Gasteiger partial charge in [-0.2, -0.15) is 0 Å². The fourth-order valence-corrected chi connectivity index (χ4v) is 2.50. The van der Waals surface area contributed by atoms with Crippen LogP contribution in [0.3, 0.4) is 0 Å². The molecule has 0 fully saturated rings. The quantitative estimate of drug-likeness (QED) is 0.769. The maximum Gasteiger partial charge on any atom is 0.0205 e. The lowest BCUT2D eigenvalue weighted by atomic mass is 9.93. The van der Waals surface area contributed by atoms with E-state index in [-0.39, 0.29) is 0 Å². The van der Waals surface area contributed by atoms with Crippen molar-refractivity contribution in [3.05, 3.63) is 58.7 Å². The standard InChI is InChI=1S/C19H25N/c1-5-10-20-13-17-9-8-16(4)19(12-17)18-11-14(2)6-7-15(18)3/h6-9,11-12,20H,5,10,13H2,1-4H3. The number of aryl methyl sites for hydroxylation is 3. The molecule has 1 heteroatoms. The largest absolute Gasteiger partial charge is 0.313 e.